The molecule has 178 valence electrons. The molecule has 3 aromatic carbocycles. The maximum Gasteiger partial charge on any atom is 0.317 e. The van der Waals surface area contributed by atoms with Crippen molar-refractivity contribution in [3.8, 4) is 0 Å². The maximum absolute atomic E-state index is 13.1. The van der Waals surface area contributed by atoms with Gasteiger partial charge in [0.05, 0.1) is 23.6 Å². The highest BCUT2D eigenvalue weighted by Crippen LogP contribution is 2.29. The summed E-state index contributed by atoms with van der Waals surface area (Å²) in [4.78, 5) is 39.1. The molecule has 0 bridgehead atoms. The summed E-state index contributed by atoms with van der Waals surface area (Å²) >= 11 is 0. The first-order chi connectivity index (χ1) is 17.0. The highest BCUT2D eigenvalue weighted by Gasteiger charge is 2.21. The number of amides is 1. The summed E-state index contributed by atoms with van der Waals surface area (Å²) in [5, 5.41) is 3.14. The van der Waals surface area contributed by atoms with Gasteiger partial charge in [-0.05, 0) is 55.0 Å². The number of nitrogens with zero attached hydrogens (tertiary/aromatic N) is 2. The fourth-order valence-electron chi connectivity index (χ4n) is 5.01. The van der Waals surface area contributed by atoms with Gasteiger partial charge in [-0.2, -0.15) is 0 Å². The molecule has 0 radical (unpaired) electrons. The number of para-hydroxylation sites is 2. The Balaban J connectivity index is 1.39. The summed E-state index contributed by atoms with van der Waals surface area (Å²) in [7, 11) is 0. The molecule has 0 aliphatic heterocycles. The number of rotatable bonds is 6. The largest absolute Gasteiger partial charge is 0.349 e. The van der Waals surface area contributed by atoms with Crippen molar-refractivity contribution in [3.63, 3.8) is 0 Å². The van der Waals surface area contributed by atoms with E-state index < -0.39 is 11.1 Å². The number of fused-ring (bicyclic) bond motifs is 2. The van der Waals surface area contributed by atoms with Crippen LogP contribution >= 0.6 is 0 Å². The number of carbonyl (C=O) groups is 1. The summed E-state index contributed by atoms with van der Waals surface area (Å²) in [6.07, 6.45) is 3.10. The molecule has 1 atom stereocenters. The monoisotopic (exact) mass is 467 g/mol. The Morgan fingerprint density at radius 1 is 0.886 bits per heavy atom. The van der Waals surface area contributed by atoms with Gasteiger partial charge < -0.3 is 9.88 Å². The summed E-state index contributed by atoms with van der Waals surface area (Å²) < 4.78 is 2.97. The van der Waals surface area contributed by atoms with Crippen LogP contribution in [0.2, 0.25) is 0 Å². The van der Waals surface area contributed by atoms with Gasteiger partial charge in [0.25, 0.3) is 0 Å². The highest BCUT2D eigenvalue weighted by atomic mass is 16.2. The van der Waals surface area contributed by atoms with Crippen LogP contribution in [0, 0.1) is 6.92 Å². The van der Waals surface area contributed by atoms with Gasteiger partial charge in [-0.1, -0.05) is 66.2 Å². The van der Waals surface area contributed by atoms with Gasteiger partial charge in [0, 0.05) is 13.0 Å². The van der Waals surface area contributed by atoms with Crippen molar-refractivity contribution < 1.29 is 4.79 Å². The number of hydrogen-bond acceptors (Lipinski definition) is 3. The third-order valence-electron chi connectivity index (χ3n) is 6.86. The molecule has 6 nitrogen and oxygen atoms in total. The molecule has 1 aliphatic carbocycles. The number of aromatic nitrogens is 2. The molecule has 0 unspecified atom stereocenters. The summed E-state index contributed by atoms with van der Waals surface area (Å²) in [5.74, 6) is -0.119. The van der Waals surface area contributed by atoms with E-state index in [9.17, 15) is 14.4 Å². The number of hydrogen-bond donors (Lipinski definition) is 1. The molecule has 4 aromatic rings. The molecule has 0 spiro atoms. The average Bonchev–Trinajstić information content (AvgIpc) is 2.88. The smallest absolute Gasteiger partial charge is 0.317 e. The van der Waals surface area contributed by atoms with Crippen LogP contribution < -0.4 is 16.4 Å². The Morgan fingerprint density at radius 2 is 1.54 bits per heavy atom. The predicted octanol–water partition coefficient (Wildman–Crippen LogP) is 4.10. The third-order valence-corrected chi connectivity index (χ3v) is 6.86. The van der Waals surface area contributed by atoms with Crippen LogP contribution in [0.5, 0.6) is 0 Å². The van der Waals surface area contributed by atoms with Gasteiger partial charge in [-0.15, -0.1) is 0 Å². The molecule has 5 rings (SSSR count). The molecule has 0 fully saturated rings. The van der Waals surface area contributed by atoms with Crippen LogP contribution in [0.1, 0.15) is 47.6 Å². The van der Waals surface area contributed by atoms with Crippen molar-refractivity contribution in [1.82, 2.24) is 14.5 Å². The van der Waals surface area contributed by atoms with Crippen LogP contribution in [0.25, 0.3) is 11.0 Å². The lowest BCUT2D eigenvalue weighted by molar-refractivity contribution is -0.122. The molecule has 0 saturated carbocycles. The molecule has 1 aliphatic rings. The maximum atomic E-state index is 13.1. The minimum absolute atomic E-state index is 0.0107. The van der Waals surface area contributed by atoms with E-state index in [1.54, 1.807) is 0 Å². The number of carbonyl (C=O) groups excluding carboxylic acids is 1. The van der Waals surface area contributed by atoms with Crippen LogP contribution in [-0.2, 0) is 24.3 Å². The summed E-state index contributed by atoms with van der Waals surface area (Å²) in [5.41, 5.74) is 4.69. The second-order valence-electron chi connectivity index (χ2n) is 9.28. The van der Waals surface area contributed by atoms with Gasteiger partial charge in [0.1, 0.15) is 0 Å². The van der Waals surface area contributed by atoms with Crippen molar-refractivity contribution in [2.45, 2.75) is 51.7 Å². The molecule has 35 heavy (non-hydrogen) atoms. The van der Waals surface area contributed by atoms with E-state index >= 15 is 0 Å². The zero-order valence-corrected chi connectivity index (χ0v) is 19.9. The molecule has 6 heteroatoms. The van der Waals surface area contributed by atoms with Gasteiger partial charge in [-0.3, -0.25) is 19.0 Å². The Labute approximate surface area is 203 Å². The predicted molar refractivity (Wildman–Crippen MR) is 138 cm³/mol. The zero-order valence-electron chi connectivity index (χ0n) is 19.9. The van der Waals surface area contributed by atoms with Crippen LogP contribution in [0.3, 0.4) is 0 Å². The molecule has 1 N–H and O–H groups in total. The van der Waals surface area contributed by atoms with Crippen LogP contribution in [0.15, 0.2) is 82.4 Å². The quantitative estimate of drug-likeness (QED) is 0.434. The molecular formula is C29H29N3O3. The Kier molecular flexibility index (Phi) is 6.36. The van der Waals surface area contributed by atoms with E-state index in [1.165, 1.54) is 20.3 Å². The Morgan fingerprint density at radius 3 is 2.31 bits per heavy atom. The Bertz CT molecular complexity index is 1500. The fourth-order valence-corrected chi connectivity index (χ4v) is 5.01. The third kappa shape index (κ3) is 4.69. The van der Waals surface area contributed by atoms with Crippen molar-refractivity contribution >= 4 is 16.9 Å². The lowest BCUT2D eigenvalue weighted by Crippen LogP contribution is -2.42. The van der Waals surface area contributed by atoms with Crippen molar-refractivity contribution in [3.05, 3.63) is 116 Å². The lowest BCUT2D eigenvalue weighted by atomic mass is 9.88. The first-order valence-corrected chi connectivity index (χ1v) is 12.2. The molecule has 1 heterocycles. The second kappa shape index (κ2) is 9.74. The molecule has 1 amide bonds. The van der Waals surface area contributed by atoms with Crippen molar-refractivity contribution in [2.75, 3.05) is 0 Å². The van der Waals surface area contributed by atoms with Crippen molar-refractivity contribution in [1.29, 1.82) is 0 Å². The SMILES string of the molecule is Cc1ccc(Cn2c(=O)c(=O)n(CCC(=O)N[C@H]3CCCc4ccccc43)c3ccccc32)cc1. The van der Waals surface area contributed by atoms with E-state index in [-0.39, 0.29) is 24.9 Å². The number of nitrogens with one attached hydrogen (secondary N) is 1. The van der Waals surface area contributed by atoms with E-state index in [2.05, 4.69) is 17.4 Å². The summed E-state index contributed by atoms with van der Waals surface area (Å²) in [6, 6.07) is 23.5. The zero-order chi connectivity index (χ0) is 24.4. The minimum atomic E-state index is -0.605. The molecule has 0 saturated heterocycles. The van der Waals surface area contributed by atoms with E-state index in [0.29, 0.717) is 17.6 Å². The first kappa shape index (κ1) is 22.8. The average molecular weight is 468 g/mol. The van der Waals surface area contributed by atoms with E-state index in [4.69, 9.17) is 0 Å². The molecular weight excluding hydrogens is 438 g/mol. The standard InChI is InChI=1S/C29H29N3O3/c1-20-13-15-21(16-14-20)19-32-26-12-5-4-11-25(26)31(28(34)29(32)35)18-17-27(33)30-24-10-6-8-22-7-2-3-9-23(22)24/h2-5,7,9,11-16,24H,6,8,10,17-19H2,1H3,(H,30,33)/t24-/m0/s1. The highest BCUT2D eigenvalue weighted by molar-refractivity contribution is 5.78. The summed E-state index contributed by atoms with van der Waals surface area (Å²) in [6.45, 7) is 2.48. The van der Waals surface area contributed by atoms with Gasteiger partial charge in [0.2, 0.25) is 5.91 Å². The van der Waals surface area contributed by atoms with Gasteiger partial charge >= 0.3 is 11.1 Å². The van der Waals surface area contributed by atoms with Crippen molar-refractivity contribution in [2.24, 2.45) is 0 Å². The van der Waals surface area contributed by atoms with Gasteiger partial charge in [-0.25, -0.2) is 0 Å². The van der Waals surface area contributed by atoms with Crippen LogP contribution in [0.4, 0.5) is 0 Å². The molecule has 1 aromatic heterocycles. The fraction of sp³-hybridized carbons (Fsp3) is 0.276. The second-order valence-corrected chi connectivity index (χ2v) is 9.28. The topological polar surface area (TPSA) is 73.1 Å². The van der Waals surface area contributed by atoms with E-state index in [1.807, 2.05) is 67.6 Å². The van der Waals surface area contributed by atoms with Crippen LogP contribution in [-0.4, -0.2) is 15.0 Å². The minimum Gasteiger partial charge on any atom is -0.349 e. The Hall–Kier alpha value is -3.93. The normalized spacial score (nSPS) is 15.1. The van der Waals surface area contributed by atoms with E-state index in [0.717, 1.165) is 30.4 Å². The lowest BCUT2D eigenvalue weighted by Gasteiger charge is -2.26. The number of aryl methyl sites for hydroxylation is 3. The first-order valence-electron chi connectivity index (χ1n) is 12.2. The van der Waals surface area contributed by atoms with Gasteiger partial charge in [0.15, 0.2) is 0 Å². The number of benzene rings is 3.